The molecule has 1 heterocycles. The van der Waals surface area contributed by atoms with Gasteiger partial charge in [-0.2, -0.15) is 0 Å². The molecule has 18 heavy (non-hydrogen) atoms. The monoisotopic (exact) mass is 266 g/mol. The van der Waals surface area contributed by atoms with Gasteiger partial charge in [0.05, 0.1) is 0 Å². The summed E-state index contributed by atoms with van der Waals surface area (Å²) in [6.07, 6.45) is 3.38. The van der Waals surface area contributed by atoms with E-state index in [2.05, 4.69) is 10.6 Å². The molecule has 1 aromatic rings. The molecule has 0 radical (unpaired) electrons. The molecule has 3 nitrogen and oxygen atoms in total. The number of carbonyl (C=O) groups is 1. The zero-order chi connectivity index (χ0) is 13.0. The third-order valence-corrected chi connectivity index (χ3v) is 3.80. The smallest absolute Gasteiger partial charge is 0.251 e. The number of amides is 1. The number of rotatable bonds is 2. The maximum Gasteiger partial charge on any atom is 0.251 e. The summed E-state index contributed by atoms with van der Waals surface area (Å²) in [4.78, 5) is 12.2. The molecule has 1 aliphatic rings. The van der Waals surface area contributed by atoms with Gasteiger partial charge in [0, 0.05) is 23.2 Å². The van der Waals surface area contributed by atoms with Crippen LogP contribution in [0.15, 0.2) is 18.2 Å². The standard InChI is InChI=1S/C14H19ClN2O/c1-10-12(6-4-7-13(10)15)14(18)17-11-5-2-3-8-16-9-11/h4,6-7,11,16H,2-3,5,8-9H2,1H3,(H,17,18). The van der Waals surface area contributed by atoms with Crippen molar-refractivity contribution in [3.05, 3.63) is 34.3 Å². The van der Waals surface area contributed by atoms with Gasteiger partial charge in [-0.25, -0.2) is 0 Å². The van der Waals surface area contributed by atoms with Crippen molar-refractivity contribution in [1.29, 1.82) is 0 Å². The van der Waals surface area contributed by atoms with Crippen LogP contribution in [-0.4, -0.2) is 25.0 Å². The van der Waals surface area contributed by atoms with Crippen LogP contribution in [0, 0.1) is 6.92 Å². The Kier molecular flexibility index (Phi) is 4.61. The van der Waals surface area contributed by atoms with Crippen LogP contribution in [0.2, 0.25) is 5.02 Å². The Bertz CT molecular complexity index is 426. The van der Waals surface area contributed by atoms with Crippen LogP contribution in [-0.2, 0) is 0 Å². The molecule has 1 aliphatic heterocycles. The highest BCUT2D eigenvalue weighted by molar-refractivity contribution is 6.31. The highest BCUT2D eigenvalue weighted by Gasteiger charge is 2.17. The van der Waals surface area contributed by atoms with Gasteiger partial charge < -0.3 is 10.6 Å². The second-order valence-electron chi connectivity index (χ2n) is 4.78. The Balaban J connectivity index is 2.04. The number of hydrogen-bond donors (Lipinski definition) is 2. The molecule has 0 aliphatic carbocycles. The van der Waals surface area contributed by atoms with Gasteiger partial charge in [0.2, 0.25) is 0 Å². The predicted octanol–water partition coefficient (Wildman–Crippen LogP) is 2.52. The first-order valence-corrected chi connectivity index (χ1v) is 6.83. The number of nitrogens with one attached hydrogen (secondary N) is 2. The lowest BCUT2D eigenvalue weighted by Gasteiger charge is -2.17. The van der Waals surface area contributed by atoms with Gasteiger partial charge in [-0.15, -0.1) is 0 Å². The Morgan fingerprint density at radius 1 is 1.44 bits per heavy atom. The summed E-state index contributed by atoms with van der Waals surface area (Å²) >= 11 is 6.03. The van der Waals surface area contributed by atoms with E-state index in [1.165, 1.54) is 6.42 Å². The second kappa shape index (κ2) is 6.21. The van der Waals surface area contributed by atoms with Crippen molar-refractivity contribution in [3.63, 3.8) is 0 Å². The Morgan fingerprint density at radius 2 is 2.28 bits per heavy atom. The molecule has 1 fully saturated rings. The summed E-state index contributed by atoms with van der Waals surface area (Å²) in [5.41, 5.74) is 1.52. The first-order chi connectivity index (χ1) is 8.68. The van der Waals surface area contributed by atoms with E-state index in [-0.39, 0.29) is 11.9 Å². The molecule has 0 bridgehead atoms. The minimum atomic E-state index is -0.0244. The molecule has 1 unspecified atom stereocenters. The number of benzene rings is 1. The van der Waals surface area contributed by atoms with E-state index in [1.807, 2.05) is 19.1 Å². The van der Waals surface area contributed by atoms with Gasteiger partial charge in [0.25, 0.3) is 5.91 Å². The van der Waals surface area contributed by atoms with Crippen molar-refractivity contribution in [2.45, 2.75) is 32.2 Å². The third kappa shape index (κ3) is 3.24. The Labute approximate surface area is 113 Å². The van der Waals surface area contributed by atoms with E-state index in [0.717, 1.165) is 31.5 Å². The fraction of sp³-hybridized carbons (Fsp3) is 0.500. The largest absolute Gasteiger partial charge is 0.348 e. The van der Waals surface area contributed by atoms with E-state index in [0.29, 0.717) is 10.6 Å². The van der Waals surface area contributed by atoms with Crippen molar-refractivity contribution in [2.75, 3.05) is 13.1 Å². The lowest BCUT2D eigenvalue weighted by Crippen LogP contribution is -2.41. The summed E-state index contributed by atoms with van der Waals surface area (Å²) < 4.78 is 0. The van der Waals surface area contributed by atoms with Gasteiger partial charge >= 0.3 is 0 Å². The molecular weight excluding hydrogens is 248 g/mol. The van der Waals surface area contributed by atoms with E-state index in [4.69, 9.17) is 11.6 Å². The molecular formula is C14H19ClN2O. The fourth-order valence-electron chi connectivity index (χ4n) is 2.26. The number of carbonyl (C=O) groups excluding carboxylic acids is 1. The van der Waals surface area contributed by atoms with Crippen LogP contribution in [0.3, 0.4) is 0 Å². The summed E-state index contributed by atoms with van der Waals surface area (Å²) in [6.45, 7) is 3.77. The Morgan fingerprint density at radius 3 is 3.11 bits per heavy atom. The maximum atomic E-state index is 12.2. The van der Waals surface area contributed by atoms with Crippen LogP contribution >= 0.6 is 11.6 Å². The molecule has 2 N–H and O–H groups in total. The van der Waals surface area contributed by atoms with Gasteiger partial charge in [-0.3, -0.25) is 4.79 Å². The SMILES string of the molecule is Cc1c(Cl)cccc1C(=O)NC1CCCCNC1. The molecule has 1 atom stereocenters. The topological polar surface area (TPSA) is 41.1 Å². The summed E-state index contributed by atoms with van der Waals surface area (Å²) in [5, 5.41) is 7.06. The molecule has 0 spiro atoms. The molecule has 2 rings (SSSR count). The lowest BCUT2D eigenvalue weighted by atomic mass is 10.1. The van der Waals surface area contributed by atoms with Crippen LogP contribution in [0.25, 0.3) is 0 Å². The molecule has 1 aromatic carbocycles. The highest BCUT2D eigenvalue weighted by Crippen LogP contribution is 2.19. The van der Waals surface area contributed by atoms with E-state index in [1.54, 1.807) is 6.07 Å². The molecule has 4 heteroatoms. The van der Waals surface area contributed by atoms with Gasteiger partial charge in [-0.1, -0.05) is 24.1 Å². The van der Waals surface area contributed by atoms with Crippen molar-refractivity contribution in [1.82, 2.24) is 10.6 Å². The van der Waals surface area contributed by atoms with Crippen molar-refractivity contribution in [3.8, 4) is 0 Å². The molecule has 1 amide bonds. The third-order valence-electron chi connectivity index (χ3n) is 3.39. The van der Waals surface area contributed by atoms with Gasteiger partial charge in [0.1, 0.15) is 0 Å². The van der Waals surface area contributed by atoms with Crippen LogP contribution in [0.1, 0.15) is 35.2 Å². The number of halogens is 1. The van der Waals surface area contributed by atoms with Gasteiger partial charge in [-0.05, 0) is 44.0 Å². The van der Waals surface area contributed by atoms with Crippen LogP contribution < -0.4 is 10.6 Å². The normalized spacial score (nSPS) is 20.2. The zero-order valence-electron chi connectivity index (χ0n) is 10.6. The quantitative estimate of drug-likeness (QED) is 0.864. The second-order valence-corrected chi connectivity index (χ2v) is 5.19. The minimum absolute atomic E-state index is 0.0244. The summed E-state index contributed by atoms with van der Waals surface area (Å²) in [5.74, 6) is -0.0244. The highest BCUT2D eigenvalue weighted by atomic mass is 35.5. The first-order valence-electron chi connectivity index (χ1n) is 6.45. The van der Waals surface area contributed by atoms with Gasteiger partial charge in [0.15, 0.2) is 0 Å². The minimum Gasteiger partial charge on any atom is -0.348 e. The van der Waals surface area contributed by atoms with E-state index >= 15 is 0 Å². The average Bonchev–Trinajstić information content (AvgIpc) is 2.61. The first kappa shape index (κ1) is 13.4. The summed E-state index contributed by atoms with van der Waals surface area (Å²) in [6, 6.07) is 5.66. The van der Waals surface area contributed by atoms with Crippen molar-refractivity contribution < 1.29 is 4.79 Å². The Hall–Kier alpha value is -1.06. The molecule has 1 saturated heterocycles. The van der Waals surface area contributed by atoms with E-state index in [9.17, 15) is 4.79 Å². The van der Waals surface area contributed by atoms with E-state index < -0.39 is 0 Å². The van der Waals surface area contributed by atoms with Crippen molar-refractivity contribution >= 4 is 17.5 Å². The van der Waals surface area contributed by atoms with Crippen molar-refractivity contribution in [2.24, 2.45) is 0 Å². The lowest BCUT2D eigenvalue weighted by molar-refractivity contribution is 0.0935. The molecule has 98 valence electrons. The van der Waals surface area contributed by atoms with Crippen LogP contribution in [0.5, 0.6) is 0 Å². The zero-order valence-corrected chi connectivity index (χ0v) is 11.4. The van der Waals surface area contributed by atoms with Crippen LogP contribution in [0.4, 0.5) is 0 Å². The molecule has 0 aromatic heterocycles. The number of hydrogen-bond acceptors (Lipinski definition) is 2. The predicted molar refractivity (Wildman–Crippen MR) is 74.2 cm³/mol. The maximum absolute atomic E-state index is 12.2. The fourth-order valence-corrected chi connectivity index (χ4v) is 2.43. The molecule has 0 saturated carbocycles. The average molecular weight is 267 g/mol. The summed E-state index contributed by atoms with van der Waals surface area (Å²) in [7, 11) is 0.